The summed E-state index contributed by atoms with van der Waals surface area (Å²) in [6.07, 6.45) is 9.62. The van der Waals surface area contributed by atoms with Gasteiger partial charge >= 0.3 is 0 Å². The van der Waals surface area contributed by atoms with Gasteiger partial charge in [-0.15, -0.1) is 0 Å². The fourth-order valence-electron chi connectivity index (χ4n) is 9.00. The molecule has 0 saturated heterocycles. The van der Waals surface area contributed by atoms with Crippen LogP contribution in [0.2, 0.25) is 0 Å². The van der Waals surface area contributed by atoms with Gasteiger partial charge in [0, 0.05) is 49.6 Å². The number of pyridine rings is 2. The van der Waals surface area contributed by atoms with Gasteiger partial charge < -0.3 is 0 Å². The van der Waals surface area contributed by atoms with Crippen LogP contribution >= 0.6 is 0 Å². The van der Waals surface area contributed by atoms with Crippen LogP contribution in [0.15, 0.2) is 55.6 Å². The molecule has 0 aliphatic carbocycles. The summed E-state index contributed by atoms with van der Waals surface area (Å²) in [6, 6.07) is 12.4. The van der Waals surface area contributed by atoms with E-state index in [2.05, 4.69) is 44.0 Å². The molecule has 50 heavy (non-hydrogen) atoms. The van der Waals surface area contributed by atoms with E-state index in [9.17, 15) is 19.2 Å². The van der Waals surface area contributed by atoms with Crippen molar-refractivity contribution in [2.75, 3.05) is 0 Å². The van der Waals surface area contributed by atoms with Gasteiger partial charge in [0.15, 0.2) is 0 Å². The topological polar surface area (TPSA) is 89.0 Å². The van der Waals surface area contributed by atoms with Crippen LogP contribution in [0.3, 0.4) is 0 Å². The average molecular weight is 665 g/mol. The minimum atomic E-state index is -0.367. The van der Waals surface area contributed by atoms with Gasteiger partial charge in [-0.25, -0.2) is 0 Å². The smallest absolute Gasteiger partial charge is 0.261 e. The van der Waals surface area contributed by atoms with Gasteiger partial charge in [-0.2, -0.15) is 0 Å². The summed E-state index contributed by atoms with van der Waals surface area (Å²) in [5, 5.41) is 13.8. The molecule has 9 rings (SSSR count). The van der Waals surface area contributed by atoms with Gasteiger partial charge in [0.2, 0.25) is 0 Å². The van der Waals surface area contributed by atoms with Crippen molar-refractivity contribution < 1.29 is 0 Å². The maximum atomic E-state index is 14.4. The fourth-order valence-corrected chi connectivity index (χ4v) is 9.00. The lowest BCUT2D eigenvalue weighted by Gasteiger charge is -2.25. The Morgan fingerprint density at radius 3 is 1.46 bits per heavy atom. The molecule has 0 aliphatic rings. The number of unbranched alkanes of at least 4 members (excludes halogenated alkanes) is 5. The Labute approximate surface area is 289 Å². The normalized spacial score (nSPS) is 12.5. The van der Waals surface area contributed by atoms with E-state index in [1.54, 1.807) is 0 Å². The van der Waals surface area contributed by atoms with E-state index in [1.165, 1.54) is 4.57 Å². The van der Waals surface area contributed by atoms with E-state index < -0.39 is 0 Å². The number of hydrogen-bond donors (Lipinski definition) is 1. The van der Waals surface area contributed by atoms with Gasteiger partial charge in [-0.05, 0) is 111 Å². The Morgan fingerprint density at radius 2 is 0.920 bits per heavy atom. The van der Waals surface area contributed by atoms with Gasteiger partial charge in [0.1, 0.15) is 0 Å². The first kappa shape index (κ1) is 32.4. The lowest BCUT2D eigenvalue weighted by Crippen LogP contribution is -2.33. The highest BCUT2D eigenvalue weighted by Crippen LogP contribution is 2.52. The molecule has 0 amide bonds. The van der Waals surface area contributed by atoms with Crippen LogP contribution in [-0.4, -0.2) is 9.55 Å². The maximum absolute atomic E-state index is 14.4. The maximum Gasteiger partial charge on any atom is 0.261 e. The molecule has 0 unspecified atom stereocenters. The highest BCUT2D eigenvalue weighted by Gasteiger charge is 2.29. The second-order valence-electron chi connectivity index (χ2n) is 14.1. The Kier molecular flexibility index (Phi) is 7.89. The number of rotatable bonds is 11. The number of nitrogens with one attached hydrogen (secondary N) is 1. The van der Waals surface area contributed by atoms with Crippen molar-refractivity contribution >= 4 is 86.2 Å². The van der Waals surface area contributed by atoms with Crippen LogP contribution in [0.4, 0.5) is 0 Å². The van der Waals surface area contributed by atoms with Crippen LogP contribution < -0.4 is 22.2 Å². The second-order valence-corrected chi connectivity index (χ2v) is 14.1. The highest BCUT2D eigenvalue weighted by atomic mass is 16.2. The van der Waals surface area contributed by atoms with E-state index in [1.807, 2.05) is 32.0 Å². The Bertz CT molecular complexity index is 2940. The summed E-state index contributed by atoms with van der Waals surface area (Å²) in [7, 11) is 0. The van der Waals surface area contributed by atoms with Crippen molar-refractivity contribution in [1.29, 1.82) is 0 Å². The van der Waals surface area contributed by atoms with Crippen molar-refractivity contribution in [2.45, 2.75) is 105 Å². The van der Waals surface area contributed by atoms with Crippen molar-refractivity contribution in [3.05, 3.63) is 88.9 Å². The van der Waals surface area contributed by atoms with Gasteiger partial charge in [0.05, 0.1) is 0 Å². The molecular weight excluding hydrogens is 620 g/mol. The quantitative estimate of drug-likeness (QED) is 0.0847. The van der Waals surface area contributed by atoms with E-state index >= 15 is 0 Å². The van der Waals surface area contributed by atoms with Crippen molar-refractivity contribution in [3.63, 3.8) is 0 Å². The molecule has 1 N–H and O–H groups in total. The summed E-state index contributed by atoms with van der Waals surface area (Å²) >= 11 is 0. The van der Waals surface area contributed by atoms with E-state index in [0.717, 1.165) is 135 Å². The zero-order chi connectivity index (χ0) is 35.0. The third-order valence-corrected chi connectivity index (χ3v) is 11.2. The van der Waals surface area contributed by atoms with Crippen LogP contribution in [0.1, 0.15) is 97.1 Å². The zero-order valence-corrected chi connectivity index (χ0v) is 29.8. The number of H-pyrrole nitrogens is 1. The molecule has 7 aromatic carbocycles. The molecule has 6 nitrogen and oxygen atoms in total. The molecule has 0 fully saturated rings. The Hall–Kier alpha value is -4.84. The number of aromatic nitrogens is 2. The first-order valence-electron chi connectivity index (χ1n) is 18.9. The minimum Gasteiger partial charge on any atom is -0.288 e. The standard InChI is InChI=1S/C42H38N2O4.C2H6/c1-4-7-10-11-14-44-41(47)29-18-24-16-21(12-8-5-2)25-19-28-33-27(39(45)43-40(28)46)17-23-15-22(13-9-6-3)26-20-30(42(44)48)34(29)38-32(24)35(25)37(33)31(23)36(26)38;1-2/h15-20H,4-14H2,1-3H3,(H,43,45,46);1-2H3. The van der Waals surface area contributed by atoms with Crippen LogP contribution in [0, 0.1) is 0 Å². The summed E-state index contributed by atoms with van der Waals surface area (Å²) in [6.45, 7) is 10.9. The molecule has 0 spiro atoms. The number of aromatic amines is 1. The number of nitrogens with zero attached hydrogens (tertiary/aromatic N) is 1. The molecule has 0 radical (unpaired) electrons. The first-order valence-corrected chi connectivity index (χ1v) is 18.9. The lowest BCUT2D eigenvalue weighted by atomic mass is 9.77. The molecule has 2 heterocycles. The molecule has 254 valence electrons. The van der Waals surface area contributed by atoms with Crippen LogP contribution in [-0.2, 0) is 19.4 Å². The predicted octanol–water partition coefficient (Wildman–Crippen LogP) is 9.96. The van der Waals surface area contributed by atoms with E-state index in [0.29, 0.717) is 33.5 Å². The highest BCUT2D eigenvalue weighted by molar-refractivity contribution is 6.49. The Balaban J connectivity index is 0.00000177. The second kappa shape index (κ2) is 12.2. The van der Waals surface area contributed by atoms with E-state index in [4.69, 9.17) is 0 Å². The third kappa shape index (κ3) is 4.33. The molecule has 0 bridgehead atoms. The minimum absolute atomic E-state index is 0.207. The van der Waals surface area contributed by atoms with Crippen molar-refractivity contribution in [3.8, 4) is 0 Å². The fraction of sp³-hybridized carbons (Fsp3) is 0.364. The predicted molar refractivity (Wildman–Crippen MR) is 213 cm³/mol. The number of benzene rings is 7. The third-order valence-electron chi connectivity index (χ3n) is 11.2. The largest absolute Gasteiger partial charge is 0.288 e. The van der Waals surface area contributed by atoms with Crippen molar-refractivity contribution in [2.24, 2.45) is 0 Å². The summed E-state index contributed by atoms with van der Waals surface area (Å²) in [4.78, 5) is 58.3. The van der Waals surface area contributed by atoms with Crippen LogP contribution in [0.5, 0.6) is 0 Å². The molecule has 0 atom stereocenters. The number of hydrogen-bond acceptors (Lipinski definition) is 4. The molecule has 2 aromatic heterocycles. The van der Waals surface area contributed by atoms with E-state index in [-0.39, 0.29) is 22.2 Å². The van der Waals surface area contributed by atoms with Gasteiger partial charge in [0.25, 0.3) is 22.2 Å². The van der Waals surface area contributed by atoms with Gasteiger partial charge in [-0.3, -0.25) is 28.7 Å². The molecule has 9 aromatic rings. The molecular formula is C44H44N2O4. The molecule has 0 saturated carbocycles. The summed E-state index contributed by atoms with van der Waals surface area (Å²) < 4.78 is 1.49. The average Bonchev–Trinajstić information content (AvgIpc) is 3.13. The number of aryl methyl sites for hydroxylation is 2. The van der Waals surface area contributed by atoms with Crippen LogP contribution in [0.25, 0.3) is 86.2 Å². The zero-order valence-electron chi connectivity index (χ0n) is 29.8. The summed E-state index contributed by atoms with van der Waals surface area (Å²) in [5.41, 5.74) is 1.13. The Morgan fingerprint density at radius 1 is 0.460 bits per heavy atom. The van der Waals surface area contributed by atoms with Gasteiger partial charge in [-0.1, -0.05) is 78.9 Å². The molecule has 0 aliphatic heterocycles. The SMILES string of the molecule is CC.CCCCCCn1c(=O)c2cc3cc(CCCC)c4cc5c(=O)[nH]c(=O)c6cc7cc(CCCC)c8cc(c1=O)c2c1c3c4c(c65)c7c81. The first-order chi connectivity index (χ1) is 24.4. The van der Waals surface area contributed by atoms with Crippen molar-refractivity contribution in [1.82, 2.24) is 9.55 Å². The summed E-state index contributed by atoms with van der Waals surface area (Å²) in [5.74, 6) is 0. The molecule has 6 heteroatoms. The lowest BCUT2D eigenvalue weighted by molar-refractivity contribution is 0.564. The monoisotopic (exact) mass is 664 g/mol.